The normalized spacial score (nSPS) is 15.2. The number of rotatable bonds is 6. The molecule has 1 saturated carbocycles. The number of ether oxygens (including phenoxy) is 1. The van der Waals surface area contributed by atoms with Crippen molar-refractivity contribution in [3.05, 3.63) is 23.9 Å². The molecule has 1 aliphatic carbocycles. The molecule has 3 rings (SSSR count). The minimum atomic E-state index is 0.666. The molecule has 18 heavy (non-hydrogen) atoms. The summed E-state index contributed by atoms with van der Waals surface area (Å²) in [5.41, 5.74) is 1.95. The van der Waals surface area contributed by atoms with Crippen LogP contribution in [0.3, 0.4) is 0 Å². The number of pyridine rings is 1. The molecule has 5 heteroatoms. The van der Waals surface area contributed by atoms with Gasteiger partial charge >= 0.3 is 0 Å². The zero-order valence-electron chi connectivity index (χ0n) is 10.6. The fourth-order valence-electron chi connectivity index (χ4n) is 1.88. The maximum absolute atomic E-state index is 5.55. The maximum Gasteiger partial charge on any atom is 0.243 e. The second-order valence-corrected chi connectivity index (χ2v) is 4.82. The summed E-state index contributed by atoms with van der Waals surface area (Å²) in [5, 5.41) is 7.58. The van der Waals surface area contributed by atoms with Gasteiger partial charge in [0.1, 0.15) is 0 Å². The van der Waals surface area contributed by atoms with E-state index in [1.54, 1.807) is 0 Å². The summed E-state index contributed by atoms with van der Waals surface area (Å²) in [6.45, 7) is 4.39. The van der Waals surface area contributed by atoms with Gasteiger partial charge in [-0.2, -0.15) is 4.98 Å². The number of aromatic nitrogens is 3. The Balaban J connectivity index is 1.52. The first kappa shape index (κ1) is 11.5. The molecule has 0 spiro atoms. The average molecular weight is 246 g/mol. The number of anilines is 1. The summed E-state index contributed by atoms with van der Waals surface area (Å²) in [5.74, 6) is 1.49. The molecule has 0 bridgehead atoms. The SMILES string of the molecule is Cc1cccc2nc(NCCOCC3CC3)nn12. The highest BCUT2D eigenvalue weighted by atomic mass is 16.5. The minimum absolute atomic E-state index is 0.666. The van der Waals surface area contributed by atoms with Gasteiger partial charge in [-0.25, -0.2) is 4.52 Å². The molecule has 5 nitrogen and oxygen atoms in total. The van der Waals surface area contributed by atoms with Crippen LogP contribution in [-0.4, -0.2) is 34.4 Å². The third-order valence-electron chi connectivity index (χ3n) is 3.13. The summed E-state index contributed by atoms with van der Waals surface area (Å²) < 4.78 is 7.39. The standard InChI is InChI=1S/C13H18N4O/c1-10-3-2-4-12-15-13(16-17(10)12)14-7-8-18-9-11-5-6-11/h2-4,11H,5-9H2,1H3,(H,14,16). The van der Waals surface area contributed by atoms with Crippen LogP contribution >= 0.6 is 0 Å². The Morgan fingerprint density at radius 2 is 2.33 bits per heavy atom. The van der Waals surface area contributed by atoms with Crippen LogP contribution in [0.15, 0.2) is 18.2 Å². The van der Waals surface area contributed by atoms with Crippen LogP contribution in [0.2, 0.25) is 0 Å². The molecule has 0 aromatic carbocycles. The Hall–Kier alpha value is -1.62. The van der Waals surface area contributed by atoms with Gasteiger partial charge < -0.3 is 10.1 Å². The summed E-state index contributed by atoms with van der Waals surface area (Å²) in [6.07, 6.45) is 2.67. The van der Waals surface area contributed by atoms with Crippen LogP contribution in [0, 0.1) is 12.8 Å². The van der Waals surface area contributed by atoms with Gasteiger partial charge in [-0.3, -0.25) is 0 Å². The van der Waals surface area contributed by atoms with Gasteiger partial charge in [-0.1, -0.05) is 6.07 Å². The smallest absolute Gasteiger partial charge is 0.243 e. The van der Waals surface area contributed by atoms with Gasteiger partial charge in [0.15, 0.2) is 5.65 Å². The van der Waals surface area contributed by atoms with Crippen molar-refractivity contribution in [2.75, 3.05) is 25.1 Å². The largest absolute Gasteiger partial charge is 0.379 e. The first-order valence-corrected chi connectivity index (χ1v) is 6.47. The van der Waals surface area contributed by atoms with Gasteiger partial charge in [0.05, 0.1) is 6.61 Å². The molecule has 1 fully saturated rings. The van der Waals surface area contributed by atoms with E-state index in [1.165, 1.54) is 12.8 Å². The summed E-state index contributed by atoms with van der Waals surface area (Å²) in [6, 6.07) is 5.96. The molecule has 96 valence electrons. The van der Waals surface area contributed by atoms with Crippen LogP contribution in [0.1, 0.15) is 18.5 Å². The molecule has 0 saturated heterocycles. The van der Waals surface area contributed by atoms with Gasteiger partial charge in [0.25, 0.3) is 0 Å². The maximum atomic E-state index is 5.55. The highest BCUT2D eigenvalue weighted by Gasteiger charge is 2.20. The highest BCUT2D eigenvalue weighted by molar-refractivity contribution is 5.44. The lowest BCUT2D eigenvalue weighted by Crippen LogP contribution is -2.11. The number of hydrogen-bond donors (Lipinski definition) is 1. The molecule has 0 radical (unpaired) electrons. The van der Waals surface area contributed by atoms with Crippen molar-refractivity contribution >= 4 is 11.6 Å². The van der Waals surface area contributed by atoms with E-state index in [0.29, 0.717) is 12.6 Å². The number of aryl methyl sites for hydroxylation is 1. The number of fused-ring (bicyclic) bond motifs is 1. The first-order valence-electron chi connectivity index (χ1n) is 6.47. The molecule has 1 aliphatic rings. The third kappa shape index (κ3) is 2.61. The molecule has 0 atom stereocenters. The quantitative estimate of drug-likeness (QED) is 0.791. The summed E-state index contributed by atoms with van der Waals surface area (Å²) in [4.78, 5) is 4.40. The predicted octanol–water partition coefficient (Wildman–Crippen LogP) is 1.88. The summed E-state index contributed by atoms with van der Waals surface area (Å²) in [7, 11) is 0. The van der Waals surface area contributed by atoms with E-state index in [9.17, 15) is 0 Å². The van der Waals surface area contributed by atoms with Crippen LogP contribution < -0.4 is 5.32 Å². The molecule has 2 heterocycles. The second kappa shape index (κ2) is 4.94. The lowest BCUT2D eigenvalue weighted by molar-refractivity contribution is 0.133. The van der Waals surface area contributed by atoms with Crippen LogP contribution in [-0.2, 0) is 4.74 Å². The van der Waals surface area contributed by atoms with Gasteiger partial charge in [-0.05, 0) is 37.8 Å². The molecule has 2 aromatic heterocycles. The second-order valence-electron chi connectivity index (χ2n) is 4.82. The van der Waals surface area contributed by atoms with Crippen molar-refractivity contribution in [3.63, 3.8) is 0 Å². The monoisotopic (exact) mass is 246 g/mol. The van der Waals surface area contributed by atoms with E-state index in [4.69, 9.17) is 4.74 Å². The lowest BCUT2D eigenvalue weighted by Gasteiger charge is -2.02. The fraction of sp³-hybridized carbons (Fsp3) is 0.538. The minimum Gasteiger partial charge on any atom is -0.379 e. The van der Waals surface area contributed by atoms with E-state index in [-0.39, 0.29) is 0 Å². The molecule has 0 aliphatic heterocycles. The Labute approximate surface area is 106 Å². The van der Waals surface area contributed by atoms with Crippen molar-refractivity contribution in [3.8, 4) is 0 Å². The Morgan fingerprint density at radius 3 is 3.11 bits per heavy atom. The van der Waals surface area contributed by atoms with Crippen molar-refractivity contribution < 1.29 is 4.74 Å². The van der Waals surface area contributed by atoms with Crippen molar-refractivity contribution in [1.82, 2.24) is 14.6 Å². The molecule has 0 unspecified atom stereocenters. The molecular formula is C13H18N4O. The molecule has 1 N–H and O–H groups in total. The van der Waals surface area contributed by atoms with Crippen molar-refractivity contribution in [2.45, 2.75) is 19.8 Å². The van der Waals surface area contributed by atoms with E-state index in [2.05, 4.69) is 15.4 Å². The van der Waals surface area contributed by atoms with E-state index in [0.717, 1.165) is 30.4 Å². The Bertz CT molecular complexity index is 533. The molecule has 0 amide bonds. The Kier molecular flexibility index (Phi) is 3.15. The number of nitrogens with zero attached hydrogens (tertiary/aromatic N) is 3. The molecular weight excluding hydrogens is 228 g/mol. The zero-order valence-corrected chi connectivity index (χ0v) is 10.6. The first-order chi connectivity index (χ1) is 8.83. The highest BCUT2D eigenvalue weighted by Crippen LogP contribution is 2.28. The number of nitrogens with one attached hydrogen (secondary N) is 1. The van der Waals surface area contributed by atoms with Gasteiger partial charge in [-0.15, -0.1) is 5.10 Å². The molecule has 2 aromatic rings. The van der Waals surface area contributed by atoms with Crippen molar-refractivity contribution in [2.24, 2.45) is 5.92 Å². The topological polar surface area (TPSA) is 51.5 Å². The van der Waals surface area contributed by atoms with Crippen LogP contribution in [0.5, 0.6) is 0 Å². The third-order valence-corrected chi connectivity index (χ3v) is 3.13. The fourth-order valence-corrected chi connectivity index (χ4v) is 1.88. The van der Waals surface area contributed by atoms with Crippen LogP contribution in [0.25, 0.3) is 5.65 Å². The average Bonchev–Trinajstić information content (AvgIpc) is 3.08. The Morgan fingerprint density at radius 1 is 1.44 bits per heavy atom. The van der Waals surface area contributed by atoms with E-state index in [1.807, 2.05) is 29.6 Å². The lowest BCUT2D eigenvalue weighted by atomic mass is 10.4. The number of hydrogen-bond acceptors (Lipinski definition) is 4. The summed E-state index contributed by atoms with van der Waals surface area (Å²) >= 11 is 0. The van der Waals surface area contributed by atoms with Crippen molar-refractivity contribution in [1.29, 1.82) is 0 Å². The van der Waals surface area contributed by atoms with Crippen LogP contribution in [0.4, 0.5) is 5.95 Å². The predicted molar refractivity (Wildman–Crippen MR) is 69.8 cm³/mol. The van der Waals surface area contributed by atoms with E-state index >= 15 is 0 Å². The van der Waals surface area contributed by atoms with Gasteiger partial charge in [0.2, 0.25) is 5.95 Å². The zero-order chi connectivity index (χ0) is 12.4. The van der Waals surface area contributed by atoms with Gasteiger partial charge in [0, 0.05) is 18.8 Å². The van der Waals surface area contributed by atoms with E-state index < -0.39 is 0 Å².